The van der Waals surface area contributed by atoms with Crippen molar-refractivity contribution in [2.45, 2.75) is 39.2 Å². The Morgan fingerprint density at radius 2 is 2.05 bits per heavy atom. The Morgan fingerprint density at radius 3 is 2.65 bits per heavy atom. The van der Waals surface area contributed by atoms with Crippen molar-refractivity contribution in [1.29, 1.82) is 0 Å². The van der Waals surface area contributed by atoms with E-state index in [1.54, 1.807) is 0 Å². The molecule has 0 saturated carbocycles. The van der Waals surface area contributed by atoms with E-state index >= 15 is 0 Å². The summed E-state index contributed by atoms with van der Waals surface area (Å²) in [5, 5.41) is 6.49. The van der Waals surface area contributed by atoms with Crippen molar-refractivity contribution in [3.63, 3.8) is 0 Å². The third kappa shape index (κ3) is 5.43. The molecule has 0 aliphatic heterocycles. The van der Waals surface area contributed by atoms with Crippen molar-refractivity contribution in [2.75, 3.05) is 17.6 Å². The molecule has 20 heavy (non-hydrogen) atoms. The van der Waals surface area contributed by atoms with Crippen LogP contribution >= 0.6 is 11.3 Å². The number of amides is 2. The first-order valence-corrected chi connectivity index (χ1v) is 7.31. The van der Waals surface area contributed by atoms with Gasteiger partial charge in [-0.2, -0.15) is 0 Å². The van der Waals surface area contributed by atoms with E-state index in [1.165, 1.54) is 11.3 Å². The zero-order valence-electron chi connectivity index (χ0n) is 11.7. The number of anilines is 2. The van der Waals surface area contributed by atoms with Crippen LogP contribution in [-0.2, 0) is 4.79 Å². The van der Waals surface area contributed by atoms with Gasteiger partial charge in [-0.25, -0.2) is 4.98 Å². The molecule has 0 unspecified atom stereocenters. The van der Waals surface area contributed by atoms with Crippen LogP contribution in [0.3, 0.4) is 0 Å². The number of carbonyl (C=O) groups excluding carboxylic acids is 2. The molecule has 1 aromatic heterocycles. The first kappa shape index (κ1) is 16.2. The number of nitrogen functional groups attached to an aromatic ring is 1. The van der Waals surface area contributed by atoms with Crippen molar-refractivity contribution in [1.82, 2.24) is 10.3 Å². The van der Waals surface area contributed by atoms with Crippen LogP contribution in [0.25, 0.3) is 0 Å². The minimum Gasteiger partial charge on any atom is -0.382 e. The van der Waals surface area contributed by atoms with Crippen LogP contribution in [0.1, 0.15) is 42.8 Å². The lowest BCUT2D eigenvalue weighted by molar-refractivity contribution is -0.118. The number of aromatic nitrogens is 1. The number of rotatable bonds is 8. The highest BCUT2D eigenvalue weighted by atomic mass is 32.1. The number of hydrogen-bond acceptors (Lipinski definition) is 6. The average Bonchev–Trinajstić information content (AvgIpc) is 2.68. The van der Waals surface area contributed by atoms with Gasteiger partial charge in [0.15, 0.2) is 5.13 Å². The number of primary amides is 1. The predicted octanol–water partition coefficient (Wildman–Crippen LogP) is 0.931. The van der Waals surface area contributed by atoms with E-state index in [1.807, 2.05) is 13.8 Å². The quantitative estimate of drug-likeness (QED) is 0.532. The molecule has 1 aromatic rings. The zero-order chi connectivity index (χ0) is 15.1. The number of unbranched alkanes of at least 4 members (excludes halogenated alkanes) is 1. The first-order valence-electron chi connectivity index (χ1n) is 6.49. The van der Waals surface area contributed by atoms with Crippen LogP contribution < -0.4 is 22.1 Å². The molecule has 0 radical (unpaired) electrons. The second kappa shape index (κ2) is 7.68. The highest BCUT2D eigenvalue weighted by Gasteiger charge is 2.16. The predicted molar refractivity (Wildman–Crippen MR) is 80.7 cm³/mol. The molecule has 2 amide bonds. The van der Waals surface area contributed by atoms with E-state index < -0.39 is 0 Å². The van der Waals surface area contributed by atoms with Gasteiger partial charge in [0.25, 0.3) is 5.91 Å². The molecule has 0 aromatic carbocycles. The number of nitrogens with one attached hydrogen (secondary N) is 2. The molecule has 0 aliphatic carbocycles. The molecular formula is C12H21N5O2S. The van der Waals surface area contributed by atoms with Crippen LogP contribution in [0.4, 0.5) is 10.9 Å². The van der Waals surface area contributed by atoms with Gasteiger partial charge in [0, 0.05) is 19.0 Å². The normalized spacial score (nSPS) is 10.6. The summed E-state index contributed by atoms with van der Waals surface area (Å²) in [7, 11) is 0. The molecule has 0 spiro atoms. The molecule has 0 atom stereocenters. The Hall–Kier alpha value is -1.83. The van der Waals surface area contributed by atoms with Crippen molar-refractivity contribution in [3.05, 3.63) is 4.88 Å². The largest absolute Gasteiger partial charge is 0.382 e. The molecule has 0 saturated heterocycles. The summed E-state index contributed by atoms with van der Waals surface area (Å²) in [4.78, 5) is 27.0. The van der Waals surface area contributed by atoms with Crippen LogP contribution in [-0.4, -0.2) is 29.4 Å². The minimum atomic E-state index is -0.326. The maximum absolute atomic E-state index is 11.9. The van der Waals surface area contributed by atoms with Gasteiger partial charge in [-0.3, -0.25) is 9.59 Å². The average molecular weight is 299 g/mol. The molecule has 112 valence electrons. The summed E-state index contributed by atoms with van der Waals surface area (Å²) in [6.45, 7) is 4.45. The van der Waals surface area contributed by atoms with Crippen LogP contribution in [0.5, 0.6) is 0 Å². The topological polar surface area (TPSA) is 123 Å². The van der Waals surface area contributed by atoms with E-state index in [4.69, 9.17) is 11.5 Å². The third-order valence-electron chi connectivity index (χ3n) is 2.41. The molecule has 1 rings (SSSR count). The number of carbonyl (C=O) groups is 2. The maximum Gasteiger partial charge on any atom is 0.265 e. The van der Waals surface area contributed by atoms with Gasteiger partial charge < -0.3 is 22.1 Å². The fourth-order valence-corrected chi connectivity index (χ4v) is 2.46. The lowest BCUT2D eigenvalue weighted by atomic mass is 10.2. The van der Waals surface area contributed by atoms with E-state index in [0.717, 1.165) is 0 Å². The molecule has 0 bridgehead atoms. The number of nitrogens with two attached hydrogens (primary N) is 2. The molecular weight excluding hydrogens is 278 g/mol. The Bertz CT molecular complexity index is 472. The van der Waals surface area contributed by atoms with Crippen molar-refractivity contribution < 1.29 is 9.59 Å². The summed E-state index contributed by atoms with van der Waals surface area (Å²) < 4.78 is 0. The fourth-order valence-electron chi connectivity index (χ4n) is 1.51. The number of thiazole rings is 1. The van der Waals surface area contributed by atoms with E-state index in [2.05, 4.69) is 15.6 Å². The molecule has 6 N–H and O–H groups in total. The Morgan fingerprint density at radius 1 is 1.35 bits per heavy atom. The highest BCUT2D eigenvalue weighted by molar-refractivity contribution is 7.18. The van der Waals surface area contributed by atoms with Crippen LogP contribution in [0, 0.1) is 0 Å². The Kier molecular flexibility index (Phi) is 6.23. The molecule has 8 heteroatoms. The van der Waals surface area contributed by atoms with Gasteiger partial charge in [0.2, 0.25) is 5.91 Å². The molecule has 0 fully saturated rings. The van der Waals surface area contributed by atoms with Gasteiger partial charge in [0.1, 0.15) is 10.7 Å². The molecule has 1 heterocycles. The van der Waals surface area contributed by atoms with Gasteiger partial charge in [0.05, 0.1) is 0 Å². The summed E-state index contributed by atoms with van der Waals surface area (Å²) in [6, 6.07) is 0.227. The van der Waals surface area contributed by atoms with Gasteiger partial charge in [-0.15, -0.1) is 0 Å². The second-order valence-electron chi connectivity index (χ2n) is 4.71. The van der Waals surface area contributed by atoms with E-state index in [0.29, 0.717) is 35.8 Å². The minimum absolute atomic E-state index is 0.227. The van der Waals surface area contributed by atoms with Gasteiger partial charge in [-0.1, -0.05) is 11.3 Å². The Labute approximate surface area is 122 Å². The number of hydrogen-bond donors (Lipinski definition) is 4. The van der Waals surface area contributed by atoms with Gasteiger partial charge in [-0.05, 0) is 26.7 Å². The van der Waals surface area contributed by atoms with Crippen molar-refractivity contribution in [2.24, 2.45) is 5.73 Å². The number of nitrogens with zero attached hydrogens (tertiary/aromatic N) is 1. The SMILES string of the molecule is CC(C)Nc1nc(N)c(C(=O)NCCCCC(N)=O)s1. The summed E-state index contributed by atoms with van der Waals surface area (Å²) in [5.41, 5.74) is 10.8. The van der Waals surface area contributed by atoms with Crippen molar-refractivity contribution in [3.8, 4) is 0 Å². The lowest BCUT2D eigenvalue weighted by Crippen LogP contribution is -2.24. The monoisotopic (exact) mass is 299 g/mol. The van der Waals surface area contributed by atoms with E-state index in [9.17, 15) is 9.59 Å². The van der Waals surface area contributed by atoms with Crippen LogP contribution in [0.2, 0.25) is 0 Å². The zero-order valence-corrected chi connectivity index (χ0v) is 12.5. The van der Waals surface area contributed by atoms with Gasteiger partial charge >= 0.3 is 0 Å². The Balaban J connectivity index is 2.43. The summed E-state index contributed by atoms with van der Waals surface area (Å²) in [6.07, 6.45) is 1.69. The second-order valence-corrected chi connectivity index (χ2v) is 5.71. The summed E-state index contributed by atoms with van der Waals surface area (Å²) in [5.74, 6) is -0.337. The van der Waals surface area contributed by atoms with E-state index in [-0.39, 0.29) is 23.7 Å². The molecule has 0 aliphatic rings. The molecule has 7 nitrogen and oxygen atoms in total. The van der Waals surface area contributed by atoms with Crippen molar-refractivity contribution >= 4 is 34.1 Å². The maximum atomic E-state index is 11.9. The first-order chi connectivity index (χ1) is 9.40. The van der Waals surface area contributed by atoms with Crippen LogP contribution in [0.15, 0.2) is 0 Å². The lowest BCUT2D eigenvalue weighted by Gasteiger charge is -2.04. The summed E-state index contributed by atoms with van der Waals surface area (Å²) >= 11 is 1.23. The third-order valence-corrected chi connectivity index (χ3v) is 3.41. The fraction of sp³-hybridized carbons (Fsp3) is 0.583. The smallest absolute Gasteiger partial charge is 0.265 e. The highest BCUT2D eigenvalue weighted by Crippen LogP contribution is 2.25. The standard InChI is InChI=1S/C12H21N5O2S/c1-7(2)16-12-17-10(14)9(20-12)11(19)15-6-4-3-5-8(13)18/h7H,3-6,14H2,1-2H3,(H2,13,18)(H,15,19)(H,16,17).